The van der Waals surface area contributed by atoms with Gasteiger partial charge >= 0.3 is 5.97 Å². The number of phenolic OH excluding ortho intramolecular Hbond substituents is 1. The van der Waals surface area contributed by atoms with Crippen LogP contribution in [0.25, 0.3) is 17.0 Å². The van der Waals surface area contributed by atoms with Crippen LogP contribution in [0.1, 0.15) is 23.0 Å². The first-order valence-corrected chi connectivity index (χ1v) is 6.30. The fraction of sp³-hybridized carbons (Fsp3) is 0.267. The average Bonchev–Trinajstić information content (AvgIpc) is 2.74. The molecule has 1 N–H and O–H groups in total. The van der Waals surface area contributed by atoms with Crippen molar-refractivity contribution in [3.8, 4) is 5.75 Å². The van der Waals surface area contributed by atoms with Crippen LogP contribution in [0.5, 0.6) is 5.75 Å². The molecule has 0 aliphatic carbocycles. The number of esters is 1. The van der Waals surface area contributed by atoms with Crippen LogP contribution in [0.4, 0.5) is 0 Å². The Morgan fingerprint density at radius 3 is 2.85 bits per heavy atom. The van der Waals surface area contributed by atoms with Crippen LogP contribution in [0.3, 0.4) is 0 Å². The number of hydrogen-bond acceptors (Lipinski definition) is 5. The van der Waals surface area contributed by atoms with Crippen LogP contribution in [0, 0.1) is 0 Å². The van der Waals surface area contributed by atoms with Gasteiger partial charge in [0.05, 0.1) is 6.61 Å². The van der Waals surface area contributed by atoms with Crippen molar-refractivity contribution in [2.24, 2.45) is 0 Å². The summed E-state index contributed by atoms with van der Waals surface area (Å²) in [6.45, 7) is 2.02. The number of hydrogen-bond donors (Lipinski definition) is 1. The van der Waals surface area contributed by atoms with Gasteiger partial charge in [0, 0.05) is 25.7 Å². The van der Waals surface area contributed by atoms with Gasteiger partial charge in [-0.25, -0.2) is 4.79 Å². The molecule has 0 saturated carbocycles. The molecular formula is C15H17NO4. The molecule has 0 aliphatic heterocycles. The van der Waals surface area contributed by atoms with E-state index in [0.717, 1.165) is 0 Å². The summed E-state index contributed by atoms with van der Waals surface area (Å²) in [5, 5.41) is 10.1. The molecule has 0 radical (unpaired) electrons. The van der Waals surface area contributed by atoms with Crippen LogP contribution in [-0.2, 0) is 4.74 Å². The van der Waals surface area contributed by atoms with E-state index in [-0.39, 0.29) is 12.4 Å². The third-order valence-corrected chi connectivity index (χ3v) is 2.70. The van der Waals surface area contributed by atoms with E-state index < -0.39 is 5.97 Å². The minimum atomic E-state index is -0.463. The molecule has 0 spiro atoms. The molecule has 5 heteroatoms. The molecule has 2 rings (SSSR count). The summed E-state index contributed by atoms with van der Waals surface area (Å²) in [5.41, 5.74) is 0.861. The smallest absolute Gasteiger partial charge is 0.342 e. The van der Waals surface area contributed by atoms with Crippen molar-refractivity contribution < 1.29 is 19.1 Å². The topological polar surface area (TPSA) is 62.9 Å². The van der Waals surface area contributed by atoms with Crippen LogP contribution >= 0.6 is 0 Å². The summed E-state index contributed by atoms with van der Waals surface area (Å²) in [6.07, 6.45) is 3.48. The summed E-state index contributed by atoms with van der Waals surface area (Å²) in [6, 6.07) is 4.64. The molecule has 2 aromatic rings. The maximum Gasteiger partial charge on any atom is 0.342 e. The summed E-state index contributed by atoms with van der Waals surface area (Å²) < 4.78 is 10.7. The summed E-state index contributed by atoms with van der Waals surface area (Å²) in [4.78, 5) is 13.9. The number of benzene rings is 1. The molecule has 0 unspecified atom stereocenters. The zero-order chi connectivity index (χ0) is 14.7. The van der Waals surface area contributed by atoms with E-state index in [9.17, 15) is 9.90 Å². The predicted molar refractivity (Wildman–Crippen MR) is 76.6 cm³/mol. The number of fused-ring (bicyclic) bond motifs is 1. The molecule has 1 aromatic carbocycles. The van der Waals surface area contributed by atoms with E-state index in [1.807, 2.05) is 19.0 Å². The first-order valence-electron chi connectivity index (χ1n) is 6.30. The lowest BCUT2D eigenvalue weighted by atomic mass is 10.1. The second-order valence-electron chi connectivity index (χ2n) is 4.52. The number of carbonyl (C=O) groups is 1. The van der Waals surface area contributed by atoms with Crippen molar-refractivity contribution in [1.29, 1.82) is 0 Å². The Morgan fingerprint density at radius 1 is 1.45 bits per heavy atom. The fourth-order valence-corrected chi connectivity index (χ4v) is 1.85. The Morgan fingerprint density at radius 2 is 2.20 bits per heavy atom. The first-order chi connectivity index (χ1) is 9.52. The molecule has 1 heterocycles. The van der Waals surface area contributed by atoms with E-state index in [0.29, 0.717) is 22.3 Å². The van der Waals surface area contributed by atoms with Gasteiger partial charge < -0.3 is 19.2 Å². The zero-order valence-corrected chi connectivity index (χ0v) is 11.7. The molecule has 1 aromatic heterocycles. The number of nitrogens with zero attached hydrogens (tertiary/aromatic N) is 1. The third kappa shape index (κ3) is 2.77. The average molecular weight is 275 g/mol. The summed E-state index contributed by atoms with van der Waals surface area (Å²) in [5.74, 6) is 0.0278. The Bertz CT molecular complexity index is 655. The largest absolute Gasteiger partial charge is 0.508 e. The van der Waals surface area contributed by atoms with E-state index in [1.165, 1.54) is 12.1 Å². The Hall–Kier alpha value is -2.43. The van der Waals surface area contributed by atoms with Crippen LogP contribution < -0.4 is 0 Å². The van der Waals surface area contributed by atoms with Crippen molar-refractivity contribution in [3.63, 3.8) is 0 Å². The van der Waals surface area contributed by atoms with Crippen molar-refractivity contribution in [2.45, 2.75) is 6.92 Å². The molecule has 0 fully saturated rings. The van der Waals surface area contributed by atoms with E-state index >= 15 is 0 Å². The second kappa shape index (κ2) is 5.69. The second-order valence-corrected chi connectivity index (χ2v) is 4.52. The van der Waals surface area contributed by atoms with E-state index in [1.54, 1.807) is 25.3 Å². The highest BCUT2D eigenvalue weighted by Gasteiger charge is 2.20. The van der Waals surface area contributed by atoms with E-state index in [2.05, 4.69) is 0 Å². The highest BCUT2D eigenvalue weighted by Crippen LogP contribution is 2.30. The standard InChI is InChI=1S/C15H17NO4/c1-4-19-15(18)14-11-9-10(17)5-6-12(11)20-13(14)7-8-16(2)3/h5-9,17H,4H2,1-3H3/b8-7+. The highest BCUT2D eigenvalue weighted by molar-refractivity contribution is 6.06. The predicted octanol–water partition coefficient (Wildman–Crippen LogP) is 2.85. The van der Waals surface area contributed by atoms with Crippen LogP contribution in [0.2, 0.25) is 0 Å². The molecule has 0 amide bonds. The number of furan rings is 1. The molecule has 0 aliphatic rings. The maximum atomic E-state index is 12.1. The molecule has 0 bridgehead atoms. The minimum Gasteiger partial charge on any atom is -0.508 e. The zero-order valence-electron chi connectivity index (χ0n) is 11.7. The Balaban J connectivity index is 2.60. The lowest BCUT2D eigenvalue weighted by molar-refractivity contribution is 0.0527. The summed E-state index contributed by atoms with van der Waals surface area (Å²) in [7, 11) is 3.74. The van der Waals surface area contributed by atoms with Gasteiger partial charge in [-0.3, -0.25) is 0 Å². The van der Waals surface area contributed by atoms with Gasteiger partial charge in [0.1, 0.15) is 22.7 Å². The van der Waals surface area contributed by atoms with E-state index in [4.69, 9.17) is 9.15 Å². The molecule has 0 saturated heterocycles. The fourth-order valence-electron chi connectivity index (χ4n) is 1.85. The van der Waals surface area contributed by atoms with Crippen LogP contribution in [-0.4, -0.2) is 36.7 Å². The van der Waals surface area contributed by atoms with Gasteiger partial charge in [-0.15, -0.1) is 0 Å². The van der Waals surface area contributed by atoms with Crippen molar-refractivity contribution in [2.75, 3.05) is 20.7 Å². The van der Waals surface area contributed by atoms with Gasteiger partial charge in [-0.1, -0.05) is 0 Å². The lowest BCUT2D eigenvalue weighted by Gasteiger charge is -2.03. The van der Waals surface area contributed by atoms with Crippen molar-refractivity contribution >= 4 is 23.0 Å². The molecule has 20 heavy (non-hydrogen) atoms. The number of phenols is 1. The third-order valence-electron chi connectivity index (χ3n) is 2.70. The van der Waals surface area contributed by atoms with Gasteiger partial charge in [0.2, 0.25) is 0 Å². The van der Waals surface area contributed by atoms with Crippen molar-refractivity contribution in [3.05, 3.63) is 35.7 Å². The SMILES string of the molecule is CCOC(=O)c1c(/C=C/N(C)C)oc2ccc(O)cc12. The first kappa shape index (κ1) is 14.0. The van der Waals surface area contributed by atoms with Crippen molar-refractivity contribution in [1.82, 2.24) is 4.90 Å². The van der Waals surface area contributed by atoms with Crippen LogP contribution in [0.15, 0.2) is 28.8 Å². The maximum absolute atomic E-state index is 12.1. The quantitative estimate of drug-likeness (QED) is 0.869. The molecular weight excluding hydrogens is 258 g/mol. The Labute approximate surface area is 117 Å². The molecule has 5 nitrogen and oxygen atoms in total. The summed E-state index contributed by atoms with van der Waals surface area (Å²) >= 11 is 0. The number of carbonyl (C=O) groups excluding carboxylic acids is 1. The number of ether oxygens (including phenoxy) is 1. The number of aromatic hydroxyl groups is 1. The van der Waals surface area contributed by atoms with Gasteiger partial charge in [0.15, 0.2) is 0 Å². The normalized spacial score (nSPS) is 11.2. The van der Waals surface area contributed by atoms with Gasteiger partial charge in [-0.05, 0) is 31.2 Å². The molecule has 106 valence electrons. The Kier molecular flexibility index (Phi) is 3.98. The minimum absolute atomic E-state index is 0.0759. The highest BCUT2D eigenvalue weighted by atomic mass is 16.5. The number of rotatable bonds is 4. The monoisotopic (exact) mass is 275 g/mol. The lowest BCUT2D eigenvalue weighted by Crippen LogP contribution is -2.06. The van der Waals surface area contributed by atoms with Gasteiger partial charge in [-0.2, -0.15) is 0 Å². The van der Waals surface area contributed by atoms with Gasteiger partial charge in [0.25, 0.3) is 0 Å². The molecule has 0 atom stereocenters.